The van der Waals surface area contributed by atoms with E-state index in [0.717, 1.165) is 19.6 Å². The van der Waals surface area contributed by atoms with E-state index in [-0.39, 0.29) is 18.9 Å². The molecule has 0 saturated heterocycles. The monoisotopic (exact) mass is 183 g/mol. The Morgan fingerprint density at radius 1 is 1.29 bits per heavy atom. The largest absolute Gasteiger partial charge is 1.00 e. The summed E-state index contributed by atoms with van der Waals surface area (Å²) in [4.78, 5) is 2.39. The first-order valence-electron chi connectivity index (χ1n) is 4.95. The average molecular weight is 183 g/mol. The molecule has 0 aromatic heterocycles. The van der Waals surface area contributed by atoms with Crippen LogP contribution in [0.4, 0.5) is 0 Å². The summed E-state index contributed by atoms with van der Waals surface area (Å²) >= 11 is 0. The zero-order chi connectivity index (χ0) is 9.68. The fraction of sp³-hybridized carbons (Fsp3) is 0.500. The first-order valence-corrected chi connectivity index (χ1v) is 4.95. The second-order valence-corrected chi connectivity index (χ2v) is 3.35. The van der Waals surface area contributed by atoms with E-state index in [2.05, 4.69) is 43.9 Å². The summed E-state index contributed by atoms with van der Waals surface area (Å²) in [6.45, 7) is 9.75. The van der Waals surface area contributed by atoms with Crippen molar-refractivity contribution in [2.75, 3.05) is 13.1 Å². The van der Waals surface area contributed by atoms with Crippen LogP contribution in [0.1, 0.15) is 25.0 Å². The zero-order valence-corrected chi connectivity index (χ0v) is 9.80. The summed E-state index contributed by atoms with van der Waals surface area (Å²) in [7, 11) is 0. The number of rotatable bonds is 4. The van der Waals surface area contributed by atoms with Gasteiger partial charge < -0.3 is 4.90 Å². The van der Waals surface area contributed by atoms with Crippen LogP contribution in [0.3, 0.4) is 0 Å². The van der Waals surface area contributed by atoms with Crippen LogP contribution in [0.2, 0.25) is 0 Å². The van der Waals surface area contributed by atoms with Crippen LogP contribution in [0, 0.1) is 13.0 Å². The minimum absolute atomic E-state index is 0. The minimum atomic E-state index is 0. The van der Waals surface area contributed by atoms with Crippen molar-refractivity contribution in [2.24, 2.45) is 0 Å². The molecule has 0 heterocycles. The summed E-state index contributed by atoms with van der Waals surface area (Å²) < 4.78 is 0. The second-order valence-electron chi connectivity index (χ2n) is 3.35. The predicted octanol–water partition coefficient (Wildman–Crippen LogP) is -0.359. The number of hydrogen-bond donors (Lipinski definition) is 0. The van der Waals surface area contributed by atoms with Crippen molar-refractivity contribution in [1.29, 1.82) is 0 Å². The van der Waals surface area contributed by atoms with E-state index in [0.29, 0.717) is 0 Å². The van der Waals surface area contributed by atoms with Crippen LogP contribution >= 0.6 is 0 Å². The molecule has 14 heavy (non-hydrogen) atoms. The third-order valence-corrected chi connectivity index (χ3v) is 2.31. The molecule has 1 nitrogen and oxygen atoms in total. The smallest absolute Gasteiger partial charge is 0.302 e. The van der Waals surface area contributed by atoms with Crippen LogP contribution in [0.15, 0.2) is 18.2 Å². The summed E-state index contributed by atoms with van der Waals surface area (Å²) in [6.07, 6.45) is 0. The van der Waals surface area contributed by atoms with Gasteiger partial charge in [-0.2, -0.15) is 29.8 Å². The molecule has 0 saturated carbocycles. The maximum absolute atomic E-state index is 3.27. The third kappa shape index (κ3) is 4.33. The van der Waals surface area contributed by atoms with Crippen LogP contribution < -0.4 is 18.9 Å². The molecule has 1 rings (SSSR count). The number of aryl methyl sites for hydroxylation is 1. The fourth-order valence-electron chi connectivity index (χ4n) is 1.42. The molecular weight excluding hydrogens is 165 g/mol. The Morgan fingerprint density at radius 3 is 2.43 bits per heavy atom. The van der Waals surface area contributed by atoms with E-state index in [1.165, 1.54) is 11.1 Å². The molecule has 2 heteroatoms. The van der Waals surface area contributed by atoms with Crippen molar-refractivity contribution < 1.29 is 18.9 Å². The third-order valence-electron chi connectivity index (χ3n) is 2.31. The van der Waals surface area contributed by atoms with Gasteiger partial charge in [-0.25, -0.2) is 0 Å². The number of nitrogens with zero attached hydrogens (tertiary/aromatic N) is 1. The summed E-state index contributed by atoms with van der Waals surface area (Å²) in [5.74, 6) is 0. The minimum Gasteiger partial charge on any atom is -0.302 e. The first-order chi connectivity index (χ1) is 6.26. The van der Waals surface area contributed by atoms with Crippen molar-refractivity contribution in [3.63, 3.8) is 0 Å². The Labute approximate surface area is 99.7 Å². The maximum Gasteiger partial charge on any atom is 1.00 e. The van der Waals surface area contributed by atoms with Gasteiger partial charge in [-0.05, 0) is 13.1 Å². The number of benzene rings is 1. The standard InChI is InChI=1S/C12H18N.Li/c1-4-13(5-2)10-12-8-6-7-11(3)9-12;/h6-7,9H,4-5,10H2,1-3H3;/q-1;+1. The normalized spacial score (nSPS) is 10.0. The van der Waals surface area contributed by atoms with Gasteiger partial charge in [0.2, 0.25) is 0 Å². The van der Waals surface area contributed by atoms with Gasteiger partial charge in [0.25, 0.3) is 0 Å². The SMILES string of the molecule is CCN(CC)Cc1[c-]ccc(C)c1.[Li+]. The van der Waals surface area contributed by atoms with Gasteiger partial charge >= 0.3 is 18.9 Å². The quantitative estimate of drug-likeness (QED) is 0.455. The molecule has 0 unspecified atom stereocenters. The van der Waals surface area contributed by atoms with Crippen LogP contribution in [-0.2, 0) is 6.54 Å². The van der Waals surface area contributed by atoms with Crippen LogP contribution in [0.25, 0.3) is 0 Å². The first kappa shape index (κ1) is 13.8. The molecule has 0 aliphatic heterocycles. The molecule has 0 aliphatic carbocycles. The summed E-state index contributed by atoms with van der Waals surface area (Å²) in [6, 6.07) is 9.57. The van der Waals surface area contributed by atoms with Gasteiger partial charge in [0.05, 0.1) is 0 Å². The Bertz CT molecular complexity index is 256. The van der Waals surface area contributed by atoms with E-state index in [1.807, 2.05) is 6.07 Å². The molecule has 0 amide bonds. The van der Waals surface area contributed by atoms with Gasteiger partial charge in [0, 0.05) is 6.54 Å². The summed E-state index contributed by atoms with van der Waals surface area (Å²) in [5.41, 5.74) is 2.62. The van der Waals surface area contributed by atoms with Crippen LogP contribution in [-0.4, -0.2) is 18.0 Å². The molecule has 1 aromatic carbocycles. The van der Waals surface area contributed by atoms with E-state index in [4.69, 9.17) is 0 Å². The fourth-order valence-corrected chi connectivity index (χ4v) is 1.42. The second kappa shape index (κ2) is 7.12. The molecule has 0 radical (unpaired) electrons. The van der Waals surface area contributed by atoms with Gasteiger partial charge in [-0.15, -0.1) is 5.56 Å². The van der Waals surface area contributed by atoms with Gasteiger partial charge in [0.1, 0.15) is 0 Å². The maximum atomic E-state index is 3.27. The van der Waals surface area contributed by atoms with Gasteiger partial charge in [-0.3, -0.25) is 0 Å². The van der Waals surface area contributed by atoms with Crippen molar-refractivity contribution in [2.45, 2.75) is 27.3 Å². The molecule has 72 valence electrons. The number of hydrogen-bond acceptors (Lipinski definition) is 1. The Hall–Kier alpha value is -0.223. The van der Waals surface area contributed by atoms with Gasteiger partial charge in [-0.1, -0.05) is 20.8 Å². The zero-order valence-electron chi connectivity index (χ0n) is 9.80. The Balaban J connectivity index is 0.00000169. The van der Waals surface area contributed by atoms with Crippen molar-refractivity contribution in [3.05, 3.63) is 35.4 Å². The van der Waals surface area contributed by atoms with E-state index >= 15 is 0 Å². The molecule has 0 spiro atoms. The molecule has 0 fully saturated rings. The molecule has 0 N–H and O–H groups in total. The van der Waals surface area contributed by atoms with Crippen molar-refractivity contribution >= 4 is 0 Å². The van der Waals surface area contributed by atoms with E-state index in [9.17, 15) is 0 Å². The molecule has 1 aromatic rings. The molecule has 0 atom stereocenters. The molecule has 0 bridgehead atoms. The Kier molecular flexibility index (Phi) is 7.01. The van der Waals surface area contributed by atoms with Crippen LogP contribution in [0.5, 0.6) is 0 Å². The summed E-state index contributed by atoms with van der Waals surface area (Å²) in [5, 5.41) is 0. The van der Waals surface area contributed by atoms with Crippen molar-refractivity contribution in [3.8, 4) is 0 Å². The average Bonchev–Trinajstić information content (AvgIpc) is 2.14. The van der Waals surface area contributed by atoms with Gasteiger partial charge in [0.15, 0.2) is 0 Å². The molecular formula is C12H18LiN. The topological polar surface area (TPSA) is 3.24 Å². The Morgan fingerprint density at radius 2 is 1.93 bits per heavy atom. The predicted molar refractivity (Wildman–Crippen MR) is 56.6 cm³/mol. The molecule has 0 aliphatic rings. The van der Waals surface area contributed by atoms with E-state index in [1.54, 1.807) is 0 Å². The van der Waals surface area contributed by atoms with E-state index < -0.39 is 0 Å². The van der Waals surface area contributed by atoms with Crippen molar-refractivity contribution in [1.82, 2.24) is 4.90 Å².